The Morgan fingerprint density at radius 2 is 1.82 bits per heavy atom. The summed E-state index contributed by atoms with van der Waals surface area (Å²) in [4.78, 5) is 14.3. The molecule has 2 unspecified atom stereocenters. The molecule has 124 valence electrons. The Labute approximate surface area is 133 Å². The van der Waals surface area contributed by atoms with Crippen molar-refractivity contribution in [3.63, 3.8) is 0 Å². The topological polar surface area (TPSA) is 64.6 Å². The first-order valence-electron chi connectivity index (χ1n) is 7.80. The van der Waals surface area contributed by atoms with Crippen molar-refractivity contribution in [2.24, 2.45) is 5.92 Å². The third-order valence-corrected chi connectivity index (χ3v) is 3.37. The molecule has 0 aliphatic heterocycles. The van der Waals surface area contributed by atoms with Gasteiger partial charge < -0.3 is 20.6 Å². The van der Waals surface area contributed by atoms with E-state index in [0.29, 0.717) is 5.92 Å². The summed E-state index contributed by atoms with van der Waals surface area (Å²) in [5.74, 6) is 0.507. The van der Waals surface area contributed by atoms with Crippen LogP contribution in [-0.4, -0.2) is 49.3 Å². The first-order chi connectivity index (χ1) is 10.4. The third-order valence-electron chi connectivity index (χ3n) is 3.37. The third kappa shape index (κ3) is 6.91. The molecular weight excluding hydrogens is 278 g/mol. The van der Waals surface area contributed by atoms with Crippen molar-refractivity contribution >= 4 is 6.03 Å². The van der Waals surface area contributed by atoms with E-state index >= 15 is 0 Å². The molecule has 2 atom stereocenters. The number of carbonyl (C=O) groups excluding carboxylic acids is 1. The fourth-order valence-electron chi connectivity index (χ4n) is 2.49. The molecule has 0 aliphatic rings. The van der Waals surface area contributed by atoms with Crippen LogP contribution in [0.4, 0.5) is 4.79 Å². The largest absolute Gasteiger partial charge is 0.394 e. The predicted molar refractivity (Wildman–Crippen MR) is 89.7 cm³/mol. The van der Waals surface area contributed by atoms with Gasteiger partial charge in [-0.2, -0.15) is 0 Å². The van der Waals surface area contributed by atoms with Crippen LogP contribution in [0.15, 0.2) is 30.3 Å². The lowest BCUT2D eigenvalue weighted by atomic mass is 10.0. The van der Waals surface area contributed by atoms with E-state index in [0.717, 1.165) is 18.5 Å². The van der Waals surface area contributed by atoms with Gasteiger partial charge in [-0.05, 0) is 32.0 Å². The number of benzene rings is 1. The van der Waals surface area contributed by atoms with E-state index in [1.54, 1.807) is 0 Å². The zero-order valence-corrected chi connectivity index (χ0v) is 14.0. The Morgan fingerprint density at radius 1 is 1.18 bits per heavy atom. The zero-order valence-electron chi connectivity index (χ0n) is 14.0. The number of aliphatic hydroxyl groups excluding tert-OH is 1. The van der Waals surface area contributed by atoms with Crippen molar-refractivity contribution in [3.8, 4) is 0 Å². The van der Waals surface area contributed by atoms with Crippen molar-refractivity contribution < 1.29 is 9.90 Å². The van der Waals surface area contributed by atoms with E-state index in [1.165, 1.54) is 0 Å². The van der Waals surface area contributed by atoms with Crippen LogP contribution in [0.25, 0.3) is 0 Å². The Balaban J connectivity index is 2.61. The second-order valence-electron chi connectivity index (χ2n) is 6.35. The lowest BCUT2D eigenvalue weighted by Gasteiger charge is -2.25. The molecule has 0 fully saturated rings. The van der Waals surface area contributed by atoms with Crippen LogP contribution in [0, 0.1) is 5.92 Å². The molecule has 0 aromatic heterocycles. The van der Waals surface area contributed by atoms with Crippen molar-refractivity contribution in [1.29, 1.82) is 0 Å². The Bertz CT molecular complexity index is 425. The fourth-order valence-corrected chi connectivity index (χ4v) is 2.49. The second-order valence-corrected chi connectivity index (χ2v) is 6.35. The highest BCUT2D eigenvalue weighted by atomic mass is 16.3. The van der Waals surface area contributed by atoms with Crippen LogP contribution in [0.2, 0.25) is 0 Å². The van der Waals surface area contributed by atoms with Gasteiger partial charge in [0, 0.05) is 12.6 Å². The highest BCUT2D eigenvalue weighted by molar-refractivity contribution is 5.74. The smallest absolute Gasteiger partial charge is 0.315 e. The van der Waals surface area contributed by atoms with Crippen molar-refractivity contribution in [2.75, 3.05) is 27.2 Å². The lowest BCUT2D eigenvalue weighted by molar-refractivity contribution is 0.209. The summed E-state index contributed by atoms with van der Waals surface area (Å²) < 4.78 is 0. The van der Waals surface area contributed by atoms with Crippen LogP contribution >= 0.6 is 0 Å². The van der Waals surface area contributed by atoms with E-state index < -0.39 is 0 Å². The number of likely N-dealkylation sites (N-methyl/N-ethyl adjacent to an activating group) is 1. The molecule has 0 radical (unpaired) electrons. The van der Waals surface area contributed by atoms with Gasteiger partial charge in [0.25, 0.3) is 0 Å². The molecule has 0 saturated heterocycles. The monoisotopic (exact) mass is 307 g/mol. The van der Waals surface area contributed by atoms with E-state index in [-0.39, 0.29) is 24.7 Å². The molecule has 3 N–H and O–H groups in total. The number of nitrogens with zero attached hydrogens (tertiary/aromatic N) is 1. The lowest BCUT2D eigenvalue weighted by Crippen LogP contribution is -2.48. The van der Waals surface area contributed by atoms with Crippen molar-refractivity contribution in [1.82, 2.24) is 15.5 Å². The van der Waals surface area contributed by atoms with Crippen LogP contribution in [0.1, 0.15) is 31.9 Å². The summed E-state index contributed by atoms with van der Waals surface area (Å²) in [6.45, 7) is 4.95. The first kappa shape index (κ1) is 18.5. The minimum atomic E-state index is -0.389. The Hall–Kier alpha value is -1.59. The summed E-state index contributed by atoms with van der Waals surface area (Å²) in [5.41, 5.74) is 0.896. The van der Waals surface area contributed by atoms with Gasteiger partial charge in [0.05, 0.1) is 12.6 Å². The summed E-state index contributed by atoms with van der Waals surface area (Å²) in [5, 5.41) is 15.4. The average molecular weight is 307 g/mol. The molecule has 1 aromatic rings. The molecule has 2 amide bonds. The molecule has 1 aromatic carbocycles. The van der Waals surface area contributed by atoms with E-state index in [2.05, 4.69) is 29.4 Å². The predicted octanol–water partition coefficient (Wildman–Crippen LogP) is 2.00. The van der Waals surface area contributed by atoms with Gasteiger partial charge in [-0.25, -0.2) is 4.79 Å². The SMILES string of the molecule is CC(C)CC(CN(C)C)NC(=O)NC(CO)c1ccccc1. The van der Waals surface area contributed by atoms with E-state index in [1.807, 2.05) is 44.4 Å². The molecule has 5 heteroatoms. The first-order valence-corrected chi connectivity index (χ1v) is 7.80. The molecule has 5 nitrogen and oxygen atoms in total. The van der Waals surface area contributed by atoms with Crippen LogP contribution in [0.5, 0.6) is 0 Å². The van der Waals surface area contributed by atoms with Gasteiger partial charge in [0.15, 0.2) is 0 Å². The van der Waals surface area contributed by atoms with Gasteiger partial charge >= 0.3 is 6.03 Å². The normalized spacial score (nSPS) is 14.0. The van der Waals surface area contributed by atoms with Gasteiger partial charge in [-0.15, -0.1) is 0 Å². The molecule has 0 saturated carbocycles. The standard InChI is InChI=1S/C17H29N3O2/c1-13(2)10-15(11-20(3)4)18-17(22)19-16(12-21)14-8-6-5-7-9-14/h5-9,13,15-16,21H,10-12H2,1-4H3,(H2,18,19,22). The number of aliphatic hydroxyl groups is 1. The molecule has 0 spiro atoms. The van der Waals surface area contributed by atoms with Gasteiger partial charge in [0.1, 0.15) is 0 Å². The highest BCUT2D eigenvalue weighted by Gasteiger charge is 2.18. The summed E-state index contributed by atoms with van der Waals surface area (Å²) >= 11 is 0. The summed E-state index contributed by atoms with van der Waals surface area (Å²) in [7, 11) is 3.99. The number of hydrogen-bond acceptors (Lipinski definition) is 3. The van der Waals surface area contributed by atoms with Gasteiger partial charge in [-0.1, -0.05) is 44.2 Å². The van der Waals surface area contributed by atoms with E-state index in [4.69, 9.17) is 0 Å². The molecule has 0 aliphatic carbocycles. The fraction of sp³-hybridized carbons (Fsp3) is 0.588. The quantitative estimate of drug-likeness (QED) is 0.688. The van der Waals surface area contributed by atoms with Crippen molar-refractivity contribution in [2.45, 2.75) is 32.4 Å². The number of nitrogens with one attached hydrogen (secondary N) is 2. The average Bonchev–Trinajstić information content (AvgIpc) is 2.44. The zero-order chi connectivity index (χ0) is 16.5. The molecule has 1 rings (SSSR count). The Kier molecular flexibility index (Phi) is 7.91. The minimum Gasteiger partial charge on any atom is -0.394 e. The maximum absolute atomic E-state index is 12.2. The van der Waals surface area contributed by atoms with Crippen LogP contribution < -0.4 is 10.6 Å². The summed E-state index contributed by atoms with van der Waals surface area (Å²) in [6, 6.07) is 8.95. The number of hydrogen-bond donors (Lipinski definition) is 3. The van der Waals surface area contributed by atoms with E-state index in [9.17, 15) is 9.90 Å². The van der Waals surface area contributed by atoms with Crippen LogP contribution in [-0.2, 0) is 0 Å². The Morgan fingerprint density at radius 3 is 2.32 bits per heavy atom. The second kappa shape index (κ2) is 9.43. The van der Waals surface area contributed by atoms with Gasteiger partial charge in [-0.3, -0.25) is 0 Å². The number of carbonyl (C=O) groups is 1. The molecule has 0 heterocycles. The minimum absolute atomic E-state index is 0.0881. The van der Waals surface area contributed by atoms with Gasteiger partial charge in [0.2, 0.25) is 0 Å². The number of rotatable bonds is 8. The molecule has 0 bridgehead atoms. The van der Waals surface area contributed by atoms with Crippen molar-refractivity contribution in [3.05, 3.63) is 35.9 Å². The number of urea groups is 1. The maximum atomic E-state index is 12.2. The van der Waals surface area contributed by atoms with Crippen LogP contribution in [0.3, 0.4) is 0 Å². The molecule has 22 heavy (non-hydrogen) atoms. The maximum Gasteiger partial charge on any atom is 0.315 e. The highest BCUT2D eigenvalue weighted by Crippen LogP contribution is 2.11. The summed E-state index contributed by atoms with van der Waals surface area (Å²) in [6.07, 6.45) is 0.917. The number of amides is 2. The molecular formula is C17H29N3O2.